The zero-order chi connectivity index (χ0) is 16.2. The van der Waals surface area contributed by atoms with Crippen LogP contribution in [0.3, 0.4) is 0 Å². The lowest BCUT2D eigenvalue weighted by molar-refractivity contribution is -0.122. The van der Waals surface area contributed by atoms with Crippen molar-refractivity contribution in [3.05, 3.63) is 28.3 Å². The van der Waals surface area contributed by atoms with E-state index in [9.17, 15) is 14.7 Å². The molecule has 21 heavy (non-hydrogen) atoms. The first kappa shape index (κ1) is 17.5. The number of aromatic hydroxyl groups is 1. The zero-order valence-corrected chi connectivity index (χ0v) is 13.5. The minimum atomic E-state index is -0.253. The van der Waals surface area contributed by atoms with Crippen LogP contribution in [0.15, 0.2) is 12.1 Å². The quantitative estimate of drug-likeness (QED) is 0.790. The molecule has 0 aromatic heterocycles. The first-order valence-electron chi connectivity index (χ1n) is 6.71. The summed E-state index contributed by atoms with van der Waals surface area (Å²) in [7, 11) is 1.76. The molecule has 5 nitrogen and oxygen atoms in total. The summed E-state index contributed by atoms with van der Waals surface area (Å²) in [6.45, 7) is 5.66. The number of ketones is 1. The highest BCUT2D eigenvalue weighted by atomic mass is 35.5. The molecule has 0 spiro atoms. The van der Waals surface area contributed by atoms with Gasteiger partial charge in [0.25, 0.3) is 0 Å². The summed E-state index contributed by atoms with van der Waals surface area (Å²) in [5.74, 6) is -0.430. The average Bonchev–Trinajstić information content (AvgIpc) is 2.31. The third-order valence-electron chi connectivity index (χ3n) is 2.84. The molecule has 1 amide bonds. The normalized spacial score (nSPS) is 11.0. The summed E-state index contributed by atoms with van der Waals surface area (Å²) in [6, 6.07) is 3.11. The van der Waals surface area contributed by atoms with Crippen LogP contribution in [0.25, 0.3) is 0 Å². The average molecular weight is 313 g/mol. The van der Waals surface area contributed by atoms with Crippen LogP contribution in [0, 0.1) is 0 Å². The second kappa shape index (κ2) is 7.43. The van der Waals surface area contributed by atoms with E-state index < -0.39 is 0 Å². The number of phenolic OH excluding ortho intramolecular Hbond substituents is 1. The van der Waals surface area contributed by atoms with Crippen molar-refractivity contribution < 1.29 is 14.7 Å². The van der Waals surface area contributed by atoms with Crippen LogP contribution in [0.5, 0.6) is 5.75 Å². The Balaban J connectivity index is 2.83. The molecule has 0 heterocycles. The number of rotatable bonds is 6. The van der Waals surface area contributed by atoms with Crippen molar-refractivity contribution in [3.8, 4) is 5.75 Å². The number of nitrogens with zero attached hydrogens (tertiary/aromatic N) is 1. The van der Waals surface area contributed by atoms with Crippen LogP contribution >= 0.6 is 11.6 Å². The van der Waals surface area contributed by atoms with Crippen molar-refractivity contribution in [2.45, 2.75) is 33.4 Å². The molecule has 0 bridgehead atoms. The number of phenols is 1. The van der Waals surface area contributed by atoms with E-state index in [0.717, 1.165) is 0 Å². The lowest BCUT2D eigenvalue weighted by Gasteiger charge is -2.19. The maximum absolute atomic E-state index is 11.7. The van der Waals surface area contributed by atoms with Gasteiger partial charge < -0.3 is 10.4 Å². The van der Waals surface area contributed by atoms with Crippen LogP contribution in [-0.2, 0) is 11.3 Å². The van der Waals surface area contributed by atoms with E-state index in [1.807, 2.05) is 13.8 Å². The molecule has 1 aromatic carbocycles. The molecule has 0 unspecified atom stereocenters. The lowest BCUT2D eigenvalue weighted by Crippen LogP contribution is -2.38. The summed E-state index contributed by atoms with van der Waals surface area (Å²) in [5, 5.41) is 13.3. The van der Waals surface area contributed by atoms with Gasteiger partial charge in [0.2, 0.25) is 5.91 Å². The van der Waals surface area contributed by atoms with Gasteiger partial charge in [0.05, 0.1) is 12.1 Å². The van der Waals surface area contributed by atoms with Crippen molar-refractivity contribution >= 4 is 23.3 Å². The van der Waals surface area contributed by atoms with Crippen LogP contribution in [0.1, 0.15) is 36.7 Å². The van der Waals surface area contributed by atoms with Crippen LogP contribution < -0.4 is 5.32 Å². The van der Waals surface area contributed by atoms with Crippen molar-refractivity contribution in [1.82, 2.24) is 10.2 Å². The Morgan fingerprint density at radius 3 is 2.52 bits per heavy atom. The summed E-state index contributed by atoms with van der Waals surface area (Å²) < 4.78 is 0. The maximum Gasteiger partial charge on any atom is 0.234 e. The highest BCUT2D eigenvalue weighted by Crippen LogP contribution is 2.28. The molecule has 0 atom stereocenters. The Hall–Kier alpha value is -1.59. The summed E-state index contributed by atoms with van der Waals surface area (Å²) in [5.41, 5.74) is 0.713. The fraction of sp³-hybridized carbons (Fsp3) is 0.467. The number of benzene rings is 1. The molecular formula is C15H21ClN2O3. The predicted molar refractivity (Wildman–Crippen MR) is 82.7 cm³/mol. The van der Waals surface area contributed by atoms with Gasteiger partial charge in [-0.25, -0.2) is 0 Å². The SMILES string of the molecule is CC(=O)c1cc(Cl)cc(CN(C)CC(=O)NC(C)C)c1O. The van der Waals surface area contributed by atoms with E-state index in [4.69, 9.17) is 11.6 Å². The Labute approximate surface area is 129 Å². The molecule has 6 heteroatoms. The van der Waals surface area contributed by atoms with Gasteiger partial charge in [-0.15, -0.1) is 0 Å². The van der Waals surface area contributed by atoms with Crippen LogP contribution in [0.4, 0.5) is 0 Å². The van der Waals surface area contributed by atoms with Gasteiger partial charge in [-0.05, 0) is 40.0 Å². The second-order valence-electron chi connectivity index (χ2n) is 5.41. The van der Waals surface area contributed by atoms with E-state index >= 15 is 0 Å². The smallest absolute Gasteiger partial charge is 0.234 e. The Morgan fingerprint density at radius 2 is 2.00 bits per heavy atom. The molecule has 0 saturated carbocycles. The number of likely N-dealkylation sites (N-methyl/N-ethyl adjacent to an activating group) is 1. The summed E-state index contributed by atoms with van der Waals surface area (Å²) in [4.78, 5) is 24.9. The van der Waals surface area contributed by atoms with E-state index in [1.165, 1.54) is 13.0 Å². The van der Waals surface area contributed by atoms with Crippen LogP contribution in [0.2, 0.25) is 5.02 Å². The number of Topliss-reactive ketones (excluding diaryl/α,β-unsaturated/α-hetero) is 1. The van der Waals surface area contributed by atoms with Crippen molar-refractivity contribution in [3.63, 3.8) is 0 Å². The third kappa shape index (κ3) is 5.36. The zero-order valence-electron chi connectivity index (χ0n) is 12.7. The lowest BCUT2D eigenvalue weighted by atomic mass is 10.1. The number of halogens is 1. The fourth-order valence-corrected chi connectivity index (χ4v) is 2.24. The van der Waals surface area contributed by atoms with Gasteiger partial charge in [-0.1, -0.05) is 11.6 Å². The minimum Gasteiger partial charge on any atom is -0.507 e. The summed E-state index contributed by atoms with van der Waals surface area (Å²) >= 11 is 5.96. The number of carbonyl (C=O) groups excluding carboxylic acids is 2. The van der Waals surface area contributed by atoms with Crippen molar-refractivity contribution in [2.24, 2.45) is 0 Å². The van der Waals surface area contributed by atoms with Gasteiger partial charge in [0.15, 0.2) is 5.78 Å². The highest BCUT2D eigenvalue weighted by molar-refractivity contribution is 6.31. The monoisotopic (exact) mass is 312 g/mol. The molecule has 1 aromatic rings. The molecule has 0 aliphatic heterocycles. The molecular weight excluding hydrogens is 292 g/mol. The van der Waals surface area contributed by atoms with Gasteiger partial charge in [0.1, 0.15) is 5.75 Å². The maximum atomic E-state index is 11.7. The Bertz CT molecular complexity index is 544. The van der Waals surface area contributed by atoms with Crippen molar-refractivity contribution in [2.75, 3.05) is 13.6 Å². The number of carbonyl (C=O) groups is 2. The van der Waals surface area contributed by atoms with Crippen LogP contribution in [-0.4, -0.2) is 41.3 Å². The Kier molecular flexibility index (Phi) is 6.18. The second-order valence-corrected chi connectivity index (χ2v) is 5.85. The molecule has 0 aliphatic rings. The molecule has 0 fully saturated rings. The molecule has 1 rings (SSSR count). The van der Waals surface area contributed by atoms with Crippen molar-refractivity contribution in [1.29, 1.82) is 0 Å². The van der Waals surface area contributed by atoms with Gasteiger partial charge in [0, 0.05) is 23.2 Å². The molecule has 0 saturated heterocycles. The van der Waals surface area contributed by atoms with E-state index in [2.05, 4.69) is 5.32 Å². The van der Waals surface area contributed by atoms with E-state index in [1.54, 1.807) is 18.0 Å². The standard InChI is InChI=1S/C15H21ClN2O3/c1-9(2)17-14(20)8-18(4)7-11-5-12(16)6-13(10(3)19)15(11)21/h5-6,9,21H,7-8H2,1-4H3,(H,17,20). The molecule has 116 valence electrons. The number of nitrogens with one attached hydrogen (secondary N) is 1. The first-order chi connectivity index (χ1) is 9.70. The largest absolute Gasteiger partial charge is 0.507 e. The van der Waals surface area contributed by atoms with Gasteiger partial charge in [-0.2, -0.15) is 0 Å². The molecule has 0 radical (unpaired) electrons. The van der Waals surface area contributed by atoms with Gasteiger partial charge >= 0.3 is 0 Å². The minimum absolute atomic E-state index is 0.0785. The first-order valence-corrected chi connectivity index (χ1v) is 7.08. The number of hydrogen-bond donors (Lipinski definition) is 2. The topological polar surface area (TPSA) is 69.6 Å². The number of hydrogen-bond acceptors (Lipinski definition) is 4. The fourth-order valence-electron chi connectivity index (χ4n) is 2.00. The molecule has 0 aliphatic carbocycles. The number of amides is 1. The van der Waals surface area contributed by atoms with E-state index in [0.29, 0.717) is 17.1 Å². The Morgan fingerprint density at radius 1 is 1.38 bits per heavy atom. The summed E-state index contributed by atoms with van der Waals surface area (Å²) in [6.07, 6.45) is 0. The highest BCUT2D eigenvalue weighted by Gasteiger charge is 2.15. The van der Waals surface area contributed by atoms with Gasteiger partial charge in [-0.3, -0.25) is 14.5 Å². The predicted octanol–water partition coefficient (Wildman–Crippen LogP) is 2.20. The van der Waals surface area contributed by atoms with E-state index in [-0.39, 0.29) is 35.6 Å². The third-order valence-corrected chi connectivity index (χ3v) is 3.05. The molecule has 2 N–H and O–H groups in total.